The predicted molar refractivity (Wildman–Crippen MR) is 98.6 cm³/mol. The van der Waals surface area contributed by atoms with Gasteiger partial charge in [0.15, 0.2) is 0 Å². The Labute approximate surface area is 158 Å². The van der Waals surface area contributed by atoms with E-state index in [-0.39, 0.29) is 11.7 Å². The number of nitrogens with two attached hydrogens (primary N) is 1. The molecule has 1 rings (SSSR count). The van der Waals surface area contributed by atoms with Crippen molar-refractivity contribution in [1.82, 2.24) is 15.5 Å². The molecule has 0 aromatic carbocycles. The summed E-state index contributed by atoms with van der Waals surface area (Å²) >= 11 is 4.06. The second-order valence-electron chi connectivity index (χ2n) is 6.77. The predicted octanol–water partition coefficient (Wildman–Crippen LogP) is -1.04. The highest BCUT2D eigenvalue weighted by Crippen LogP contribution is 2.18. The number of aliphatic carboxylic acids is 1. The monoisotopic (exact) mass is 388 g/mol. The van der Waals surface area contributed by atoms with E-state index in [0.29, 0.717) is 19.4 Å². The molecule has 0 aromatic heterocycles. The molecule has 26 heavy (non-hydrogen) atoms. The Morgan fingerprint density at radius 1 is 1.19 bits per heavy atom. The summed E-state index contributed by atoms with van der Waals surface area (Å²) in [6.45, 7) is 5.39. The number of carboxylic acid groups (broad SMARTS) is 1. The lowest BCUT2D eigenvalue weighted by Gasteiger charge is -2.27. The summed E-state index contributed by atoms with van der Waals surface area (Å²) in [5.41, 5.74) is 5.75. The van der Waals surface area contributed by atoms with Crippen molar-refractivity contribution < 1.29 is 24.3 Å². The Hall–Kier alpha value is -1.81. The van der Waals surface area contributed by atoms with Gasteiger partial charge < -0.3 is 26.4 Å². The van der Waals surface area contributed by atoms with Gasteiger partial charge in [0, 0.05) is 12.3 Å². The van der Waals surface area contributed by atoms with Crippen LogP contribution in [0.15, 0.2) is 0 Å². The fourth-order valence-electron chi connectivity index (χ4n) is 2.68. The number of hydrogen-bond donors (Lipinski definition) is 5. The van der Waals surface area contributed by atoms with Gasteiger partial charge in [-0.25, -0.2) is 4.79 Å². The molecular formula is C16H28N4O5S. The van der Waals surface area contributed by atoms with Crippen molar-refractivity contribution in [3.63, 3.8) is 0 Å². The number of carbonyl (C=O) groups excluding carboxylic acids is 3. The van der Waals surface area contributed by atoms with E-state index in [1.807, 2.05) is 0 Å². The Kier molecular flexibility index (Phi) is 8.35. The van der Waals surface area contributed by atoms with Crippen LogP contribution in [0.4, 0.5) is 0 Å². The maximum Gasteiger partial charge on any atom is 0.326 e. The van der Waals surface area contributed by atoms with Crippen molar-refractivity contribution >= 4 is 36.3 Å². The Balaban J connectivity index is 2.67. The van der Waals surface area contributed by atoms with Crippen LogP contribution in [0.5, 0.6) is 0 Å². The van der Waals surface area contributed by atoms with Crippen molar-refractivity contribution in [3.05, 3.63) is 0 Å². The molecule has 0 aliphatic carbocycles. The SMILES string of the molecule is CC(NC(=O)C(CS)NC(=O)C(N)C(C)C)C(=O)N1CCCC1C(=O)O. The second-order valence-corrected chi connectivity index (χ2v) is 7.14. The Bertz CT molecular complexity index is 557. The van der Waals surface area contributed by atoms with Crippen LogP contribution in [0.3, 0.4) is 0 Å². The molecule has 1 heterocycles. The Morgan fingerprint density at radius 3 is 2.31 bits per heavy atom. The van der Waals surface area contributed by atoms with Gasteiger partial charge in [-0.1, -0.05) is 13.8 Å². The molecule has 148 valence electrons. The first-order chi connectivity index (χ1) is 12.1. The fraction of sp³-hybridized carbons (Fsp3) is 0.750. The van der Waals surface area contributed by atoms with Crippen LogP contribution in [-0.4, -0.2) is 70.2 Å². The van der Waals surface area contributed by atoms with Gasteiger partial charge in [-0.2, -0.15) is 12.6 Å². The number of likely N-dealkylation sites (tertiary alicyclic amines) is 1. The number of carbonyl (C=O) groups is 4. The number of hydrogen-bond acceptors (Lipinski definition) is 6. The summed E-state index contributed by atoms with van der Waals surface area (Å²) < 4.78 is 0. The summed E-state index contributed by atoms with van der Waals surface area (Å²) in [4.78, 5) is 49.3. The molecule has 0 radical (unpaired) electrons. The van der Waals surface area contributed by atoms with E-state index in [0.717, 1.165) is 0 Å². The molecular weight excluding hydrogens is 360 g/mol. The molecule has 3 amide bonds. The highest BCUT2D eigenvalue weighted by Gasteiger charge is 2.36. The summed E-state index contributed by atoms with van der Waals surface area (Å²) in [6, 6.07) is -3.49. The van der Waals surface area contributed by atoms with E-state index >= 15 is 0 Å². The smallest absolute Gasteiger partial charge is 0.326 e. The van der Waals surface area contributed by atoms with Crippen molar-refractivity contribution in [3.8, 4) is 0 Å². The standard InChI is InChI=1S/C16H28N4O5S/c1-8(2)12(17)14(22)19-10(7-26)13(21)18-9(3)15(23)20-6-4-5-11(20)16(24)25/h8-12,26H,4-7,17H2,1-3H3,(H,18,21)(H,19,22)(H,24,25). The highest BCUT2D eigenvalue weighted by molar-refractivity contribution is 7.80. The van der Waals surface area contributed by atoms with E-state index in [2.05, 4.69) is 23.3 Å². The van der Waals surface area contributed by atoms with Crippen molar-refractivity contribution in [1.29, 1.82) is 0 Å². The van der Waals surface area contributed by atoms with Crippen molar-refractivity contribution in [2.75, 3.05) is 12.3 Å². The Morgan fingerprint density at radius 2 is 1.81 bits per heavy atom. The van der Waals surface area contributed by atoms with E-state index in [4.69, 9.17) is 10.8 Å². The van der Waals surface area contributed by atoms with Crippen LogP contribution in [0.1, 0.15) is 33.6 Å². The van der Waals surface area contributed by atoms with E-state index in [9.17, 15) is 19.2 Å². The lowest BCUT2D eigenvalue weighted by molar-refractivity contribution is -0.149. The largest absolute Gasteiger partial charge is 0.480 e. The third-order valence-corrected chi connectivity index (χ3v) is 4.75. The van der Waals surface area contributed by atoms with Crippen LogP contribution >= 0.6 is 12.6 Å². The first-order valence-corrected chi connectivity index (χ1v) is 9.23. The maximum absolute atomic E-state index is 12.4. The van der Waals surface area contributed by atoms with Gasteiger partial charge in [-0.05, 0) is 25.7 Å². The highest BCUT2D eigenvalue weighted by atomic mass is 32.1. The van der Waals surface area contributed by atoms with E-state index in [1.54, 1.807) is 13.8 Å². The molecule has 4 unspecified atom stereocenters. The molecule has 1 aliphatic heterocycles. The average Bonchev–Trinajstić information content (AvgIpc) is 3.07. The summed E-state index contributed by atoms with van der Waals surface area (Å²) in [7, 11) is 0. The lowest BCUT2D eigenvalue weighted by Crippen LogP contribution is -2.57. The van der Waals surface area contributed by atoms with Gasteiger partial charge in [0.25, 0.3) is 0 Å². The van der Waals surface area contributed by atoms with Gasteiger partial charge in [-0.15, -0.1) is 0 Å². The third kappa shape index (κ3) is 5.60. The maximum atomic E-state index is 12.4. The summed E-state index contributed by atoms with van der Waals surface area (Å²) in [5, 5.41) is 14.2. The molecule has 4 atom stereocenters. The first-order valence-electron chi connectivity index (χ1n) is 8.60. The van der Waals surface area contributed by atoms with Crippen LogP contribution in [0.25, 0.3) is 0 Å². The average molecular weight is 388 g/mol. The van der Waals surface area contributed by atoms with Gasteiger partial charge in [0.05, 0.1) is 6.04 Å². The molecule has 0 aromatic rings. The molecule has 1 aliphatic rings. The third-order valence-electron chi connectivity index (χ3n) is 4.39. The van der Waals surface area contributed by atoms with Crippen LogP contribution in [-0.2, 0) is 19.2 Å². The van der Waals surface area contributed by atoms with Crippen LogP contribution in [0.2, 0.25) is 0 Å². The molecule has 0 saturated carbocycles. The van der Waals surface area contributed by atoms with Crippen molar-refractivity contribution in [2.45, 2.75) is 57.8 Å². The molecule has 1 saturated heterocycles. The lowest BCUT2D eigenvalue weighted by atomic mass is 10.0. The topological polar surface area (TPSA) is 142 Å². The first kappa shape index (κ1) is 22.2. The zero-order valence-electron chi connectivity index (χ0n) is 15.3. The zero-order chi connectivity index (χ0) is 20.0. The molecule has 1 fully saturated rings. The number of amides is 3. The number of rotatable bonds is 8. The molecule has 10 heteroatoms. The van der Waals surface area contributed by atoms with Gasteiger partial charge in [-0.3, -0.25) is 14.4 Å². The van der Waals surface area contributed by atoms with Gasteiger partial charge in [0.2, 0.25) is 17.7 Å². The van der Waals surface area contributed by atoms with Gasteiger partial charge >= 0.3 is 5.97 Å². The number of nitrogens with zero attached hydrogens (tertiary/aromatic N) is 1. The number of carboxylic acids is 1. The minimum absolute atomic E-state index is 0.0325. The number of thiol groups is 1. The normalized spacial score (nSPS) is 20.4. The molecule has 5 N–H and O–H groups in total. The molecule has 9 nitrogen and oxygen atoms in total. The number of nitrogens with one attached hydrogen (secondary N) is 2. The second kappa shape index (κ2) is 9.77. The summed E-state index contributed by atoms with van der Waals surface area (Å²) in [6.07, 6.45) is 0.996. The van der Waals surface area contributed by atoms with Gasteiger partial charge in [0.1, 0.15) is 18.1 Å². The fourth-order valence-corrected chi connectivity index (χ4v) is 2.93. The van der Waals surface area contributed by atoms with E-state index < -0.39 is 47.9 Å². The molecule has 0 spiro atoms. The van der Waals surface area contributed by atoms with Crippen LogP contribution in [0, 0.1) is 5.92 Å². The minimum atomic E-state index is -1.06. The van der Waals surface area contributed by atoms with E-state index in [1.165, 1.54) is 11.8 Å². The minimum Gasteiger partial charge on any atom is -0.480 e. The molecule has 0 bridgehead atoms. The van der Waals surface area contributed by atoms with Crippen LogP contribution < -0.4 is 16.4 Å². The van der Waals surface area contributed by atoms with Crippen molar-refractivity contribution in [2.24, 2.45) is 11.7 Å². The zero-order valence-corrected chi connectivity index (χ0v) is 16.2. The quantitative estimate of drug-likeness (QED) is 0.336. The summed E-state index contributed by atoms with van der Waals surface area (Å²) in [5.74, 6) is -2.63.